The Labute approximate surface area is 150 Å². The molecule has 132 valence electrons. The summed E-state index contributed by atoms with van der Waals surface area (Å²) < 4.78 is 5.43. The molecule has 0 bridgehead atoms. The van der Waals surface area contributed by atoms with Crippen molar-refractivity contribution in [1.82, 2.24) is 4.90 Å². The smallest absolute Gasteiger partial charge is 0.323 e. The number of carbonyl (C=O) groups is 1. The van der Waals surface area contributed by atoms with Gasteiger partial charge in [0.25, 0.3) is 0 Å². The van der Waals surface area contributed by atoms with E-state index in [0.717, 1.165) is 19.4 Å². The van der Waals surface area contributed by atoms with Crippen molar-refractivity contribution in [3.8, 4) is 0 Å². The Balaban J connectivity index is 1.87. The zero-order valence-electron chi connectivity index (χ0n) is 14.9. The number of benzene rings is 2. The fourth-order valence-corrected chi connectivity index (χ4v) is 3.77. The van der Waals surface area contributed by atoms with Crippen molar-refractivity contribution < 1.29 is 9.53 Å². The normalized spacial score (nSPS) is 19.3. The van der Waals surface area contributed by atoms with E-state index in [2.05, 4.69) is 41.3 Å². The van der Waals surface area contributed by atoms with Crippen LogP contribution in [0.3, 0.4) is 0 Å². The SMILES string of the molecule is CCOC(=O)[C@@H](Cc1ccccc1)N1CCCC[C@H]1c1ccccc1. The van der Waals surface area contributed by atoms with Crippen molar-refractivity contribution in [2.45, 2.75) is 44.7 Å². The van der Waals surface area contributed by atoms with Gasteiger partial charge in [-0.25, -0.2) is 0 Å². The minimum Gasteiger partial charge on any atom is -0.465 e. The molecule has 1 fully saturated rings. The number of likely N-dealkylation sites (tertiary alicyclic amines) is 1. The molecule has 0 aromatic heterocycles. The Kier molecular flexibility index (Phi) is 6.24. The van der Waals surface area contributed by atoms with E-state index in [1.807, 2.05) is 31.2 Å². The Bertz CT molecular complexity index is 656. The highest BCUT2D eigenvalue weighted by atomic mass is 16.5. The first-order chi connectivity index (χ1) is 12.3. The van der Waals surface area contributed by atoms with Crippen molar-refractivity contribution in [2.24, 2.45) is 0 Å². The van der Waals surface area contributed by atoms with E-state index in [9.17, 15) is 4.79 Å². The van der Waals surface area contributed by atoms with Gasteiger partial charge in [-0.3, -0.25) is 9.69 Å². The lowest BCUT2D eigenvalue weighted by atomic mass is 9.92. The maximum Gasteiger partial charge on any atom is 0.323 e. The zero-order chi connectivity index (χ0) is 17.5. The van der Waals surface area contributed by atoms with E-state index in [0.29, 0.717) is 13.0 Å². The lowest BCUT2D eigenvalue weighted by Gasteiger charge is -2.40. The van der Waals surface area contributed by atoms with Crippen molar-refractivity contribution in [1.29, 1.82) is 0 Å². The van der Waals surface area contributed by atoms with Crippen LogP contribution < -0.4 is 0 Å². The van der Waals surface area contributed by atoms with Crippen LogP contribution in [0.25, 0.3) is 0 Å². The summed E-state index contributed by atoms with van der Waals surface area (Å²) in [5.74, 6) is -0.103. The summed E-state index contributed by atoms with van der Waals surface area (Å²) in [5.41, 5.74) is 2.47. The number of rotatable bonds is 6. The van der Waals surface area contributed by atoms with E-state index in [-0.39, 0.29) is 18.1 Å². The molecule has 1 aliphatic heterocycles. The van der Waals surface area contributed by atoms with E-state index >= 15 is 0 Å². The average Bonchev–Trinajstić information content (AvgIpc) is 2.68. The molecule has 3 rings (SSSR count). The molecular weight excluding hydrogens is 310 g/mol. The fourth-order valence-electron chi connectivity index (χ4n) is 3.77. The largest absolute Gasteiger partial charge is 0.465 e. The van der Waals surface area contributed by atoms with Crippen LogP contribution in [-0.2, 0) is 16.0 Å². The molecule has 1 saturated heterocycles. The number of hydrogen-bond donors (Lipinski definition) is 0. The predicted molar refractivity (Wildman–Crippen MR) is 100 cm³/mol. The van der Waals surface area contributed by atoms with Gasteiger partial charge in [-0.2, -0.15) is 0 Å². The van der Waals surface area contributed by atoms with Crippen molar-refractivity contribution in [3.05, 3.63) is 71.8 Å². The molecular formula is C22H27NO2. The lowest BCUT2D eigenvalue weighted by molar-refractivity contribution is -0.151. The summed E-state index contributed by atoms with van der Waals surface area (Å²) in [6, 6.07) is 20.9. The fraction of sp³-hybridized carbons (Fsp3) is 0.409. The third-order valence-electron chi connectivity index (χ3n) is 4.96. The van der Waals surface area contributed by atoms with Crippen LogP contribution in [0.1, 0.15) is 43.4 Å². The predicted octanol–water partition coefficient (Wildman–Crippen LogP) is 4.39. The molecule has 3 nitrogen and oxygen atoms in total. The Morgan fingerprint density at radius 1 is 1.08 bits per heavy atom. The topological polar surface area (TPSA) is 29.5 Å². The van der Waals surface area contributed by atoms with E-state index in [1.165, 1.54) is 17.5 Å². The summed E-state index contributed by atoms with van der Waals surface area (Å²) in [5, 5.41) is 0. The molecule has 0 radical (unpaired) electrons. The summed E-state index contributed by atoms with van der Waals surface area (Å²) >= 11 is 0. The molecule has 0 N–H and O–H groups in total. The molecule has 3 heteroatoms. The molecule has 0 aliphatic carbocycles. The standard InChI is InChI=1S/C22H27NO2/c1-2-25-22(24)21(17-18-11-5-3-6-12-18)23-16-10-9-15-20(23)19-13-7-4-8-14-19/h3-8,11-14,20-21H,2,9-10,15-17H2,1H3/t20-,21+/m0/s1. The van der Waals surface area contributed by atoms with E-state index in [4.69, 9.17) is 4.74 Å². The Morgan fingerprint density at radius 2 is 1.76 bits per heavy atom. The maximum atomic E-state index is 12.8. The van der Waals surface area contributed by atoms with Crippen LogP contribution in [-0.4, -0.2) is 30.1 Å². The van der Waals surface area contributed by atoms with Crippen molar-refractivity contribution in [3.63, 3.8) is 0 Å². The zero-order valence-corrected chi connectivity index (χ0v) is 14.9. The van der Waals surface area contributed by atoms with Crippen LogP contribution in [0.2, 0.25) is 0 Å². The highest BCUT2D eigenvalue weighted by Gasteiger charge is 2.34. The summed E-state index contributed by atoms with van der Waals surface area (Å²) in [7, 11) is 0. The monoisotopic (exact) mass is 337 g/mol. The summed E-state index contributed by atoms with van der Waals surface area (Å²) in [6.07, 6.45) is 4.13. The van der Waals surface area contributed by atoms with Crippen LogP contribution in [0.4, 0.5) is 0 Å². The molecule has 0 amide bonds. The van der Waals surface area contributed by atoms with Gasteiger partial charge in [-0.1, -0.05) is 67.1 Å². The van der Waals surface area contributed by atoms with Gasteiger partial charge in [0.2, 0.25) is 0 Å². The van der Waals surface area contributed by atoms with Gasteiger partial charge in [0.15, 0.2) is 0 Å². The second-order valence-corrected chi connectivity index (χ2v) is 6.62. The second kappa shape index (κ2) is 8.82. The first kappa shape index (κ1) is 17.7. The lowest BCUT2D eigenvalue weighted by Crippen LogP contribution is -2.47. The molecule has 2 atom stereocenters. The average molecular weight is 337 g/mol. The molecule has 0 saturated carbocycles. The van der Waals surface area contributed by atoms with Gasteiger partial charge in [0.05, 0.1) is 6.61 Å². The van der Waals surface area contributed by atoms with E-state index < -0.39 is 0 Å². The van der Waals surface area contributed by atoms with Gasteiger partial charge in [0, 0.05) is 6.04 Å². The van der Waals surface area contributed by atoms with E-state index in [1.54, 1.807) is 0 Å². The molecule has 0 unspecified atom stereocenters. The van der Waals surface area contributed by atoms with Gasteiger partial charge in [0.1, 0.15) is 6.04 Å². The highest BCUT2D eigenvalue weighted by Crippen LogP contribution is 2.33. The van der Waals surface area contributed by atoms with Crippen molar-refractivity contribution in [2.75, 3.05) is 13.2 Å². The number of nitrogens with zero attached hydrogens (tertiary/aromatic N) is 1. The number of hydrogen-bond acceptors (Lipinski definition) is 3. The molecule has 2 aromatic carbocycles. The van der Waals surface area contributed by atoms with Gasteiger partial charge in [-0.15, -0.1) is 0 Å². The Morgan fingerprint density at radius 3 is 2.44 bits per heavy atom. The summed E-state index contributed by atoms with van der Waals surface area (Å²) in [4.78, 5) is 15.1. The number of carbonyl (C=O) groups excluding carboxylic acids is 1. The number of ether oxygens (including phenoxy) is 1. The number of esters is 1. The van der Waals surface area contributed by atoms with Crippen molar-refractivity contribution >= 4 is 5.97 Å². The molecule has 2 aromatic rings. The molecule has 0 spiro atoms. The third-order valence-corrected chi connectivity index (χ3v) is 4.96. The maximum absolute atomic E-state index is 12.8. The van der Waals surface area contributed by atoms with Crippen LogP contribution in [0.15, 0.2) is 60.7 Å². The van der Waals surface area contributed by atoms with Crippen LogP contribution in [0, 0.1) is 0 Å². The molecule has 1 heterocycles. The van der Waals surface area contributed by atoms with Gasteiger partial charge >= 0.3 is 5.97 Å². The number of piperidine rings is 1. The van der Waals surface area contributed by atoms with Crippen LogP contribution in [0.5, 0.6) is 0 Å². The first-order valence-corrected chi connectivity index (χ1v) is 9.31. The third kappa shape index (κ3) is 4.49. The van der Waals surface area contributed by atoms with Crippen LogP contribution >= 0.6 is 0 Å². The summed E-state index contributed by atoms with van der Waals surface area (Å²) in [6.45, 7) is 3.24. The first-order valence-electron chi connectivity index (χ1n) is 9.31. The molecule has 1 aliphatic rings. The second-order valence-electron chi connectivity index (χ2n) is 6.62. The van der Waals surface area contributed by atoms with Gasteiger partial charge < -0.3 is 4.74 Å². The quantitative estimate of drug-likeness (QED) is 0.732. The highest BCUT2D eigenvalue weighted by molar-refractivity contribution is 5.76. The van der Waals surface area contributed by atoms with Gasteiger partial charge in [-0.05, 0) is 43.9 Å². The minimum absolute atomic E-state index is 0.103. The Hall–Kier alpha value is -2.13. The minimum atomic E-state index is -0.229. The molecule has 25 heavy (non-hydrogen) atoms.